The van der Waals surface area contributed by atoms with Gasteiger partial charge in [0.2, 0.25) is 0 Å². The van der Waals surface area contributed by atoms with E-state index in [1.54, 1.807) is 41.7 Å². The predicted octanol–water partition coefficient (Wildman–Crippen LogP) is 7.67. The highest BCUT2D eigenvalue weighted by Crippen LogP contribution is 2.55. The molecule has 2 atom stereocenters. The number of ether oxygens (including phenoxy) is 3. The Kier molecular flexibility index (Phi) is 10.9. The van der Waals surface area contributed by atoms with Crippen molar-refractivity contribution in [2.75, 3.05) is 56.2 Å². The van der Waals surface area contributed by atoms with Crippen LogP contribution in [-0.4, -0.2) is 92.3 Å². The standard InChI is InChI=1S/C46H51N7O8S/c54-45(50-62(57,58)36-10-12-40(42(24-36)53(55)56)48-28-35-29-59-20-21-60-35)39-11-9-32(23-43(39)61-34-22-31-13-16-47-44(31)49-27-34)51-18-14-46(15-19-51)25-33(26-46)52-17-3-6-41(52)38-5-2-1-4-37(38)30-7-8-30/h1-2,4-5,9-13,16,22-24,27,30,33,35,41,48H,3,6-8,14-15,17-21,25-26,28-29H2,(H,47,49)(H,50,54)/t35-,41+/m1/s1. The van der Waals surface area contributed by atoms with Crippen LogP contribution in [-0.2, 0) is 19.5 Å². The number of carbonyl (C=O) groups is 1. The van der Waals surface area contributed by atoms with Gasteiger partial charge < -0.3 is 29.4 Å². The average Bonchev–Trinajstić information content (AvgIpc) is 3.82. The van der Waals surface area contributed by atoms with Gasteiger partial charge >= 0.3 is 0 Å². The number of fused-ring (bicyclic) bond motifs is 1. The fraction of sp³-hybridized carbons (Fsp3) is 0.435. The summed E-state index contributed by atoms with van der Waals surface area (Å²) in [5.41, 5.74) is 4.61. The van der Waals surface area contributed by atoms with Crippen molar-refractivity contribution in [2.24, 2.45) is 5.41 Å². The lowest BCUT2D eigenvalue weighted by molar-refractivity contribution is -0.384. The van der Waals surface area contributed by atoms with Gasteiger partial charge in [0.05, 0.1) is 47.5 Å². The summed E-state index contributed by atoms with van der Waals surface area (Å²) in [6.45, 7) is 4.31. The number of benzene rings is 3. The molecule has 3 aromatic carbocycles. The van der Waals surface area contributed by atoms with Gasteiger partial charge in [0.15, 0.2) is 0 Å². The van der Waals surface area contributed by atoms with Gasteiger partial charge in [-0.3, -0.25) is 19.8 Å². The maximum absolute atomic E-state index is 13.9. The van der Waals surface area contributed by atoms with Crippen LogP contribution in [0.4, 0.5) is 17.1 Å². The van der Waals surface area contributed by atoms with Gasteiger partial charge in [0.25, 0.3) is 21.6 Å². The number of carbonyl (C=O) groups excluding carboxylic acids is 1. The molecule has 10 rings (SSSR count). The molecule has 1 amide bonds. The van der Waals surface area contributed by atoms with Crippen LogP contribution in [0.1, 0.15) is 84.8 Å². The first-order valence-corrected chi connectivity index (χ1v) is 23.2. The largest absolute Gasteiger partial charge is 0.455 e. The minimum absolute atomic E-state index is 0.0206. The molecule has 0 radical (unpaired) electrons. The van der Waals surface area contributed by atoms with Crippen LogP contribution < -0.4 is 19.7 Å². The van der Waals surface area contributed by atoms with E-state index in [9.17, 15) is 23.3 Å². The maximum Gasteiger partial charge on any atom is 0.293 e. The zero-order valence-corrected chi connectivity index (χ0v) is 35.3. The van der Waals surface area contributed by atoms with E-state index < -0.39 is 31.4 Å². The Morgan fingerprint density at radius 1 is 0.984 bits per heavy atom. The Labute approximate surface area is 360 Å². The molecular formula is C46H51N7O8S. The summed E-state index contributed by atoms with van der Waals surface area (Å²) in [4.78, 5) is 37.5. The molecule has 3 saturated heterocycles. The number of likely N-dealkylation sites (tertiary alicyclic amines) is 1. The van der Waals surface area contributed by atoms with Crippen molar-refractivity contribution in [1.82, 2.24) is 19.6 Å². The average molecular weight is 862 g/mol. The van der Waals surface area contributed by atoms with Gasteiger partial charge in [-0.05, 0) is 117 Å². The molecule has 2 aliphatic carbocycles. The SMILES string of the molecule is O=C(NS(=O)(=O)c1ccc(NC[C@@H]2COCCO2)c([N+](=O)[O-])c1)c1ccc(N2CCC3(CC2)CC(N2CCC[C@H]2c2ccccc2C2CC2)C3)cc1Oc1cnc2[nH]ccc2c1. The molecule has 15 nitrogen and oxygen atoms in total. The highest BCUT2D eigenvalue weighted by atomic mass is 32.2. The Balaban J connectivity index is 0.841. The van der Waals surface area contributed by atoms with Crippen LogP contribution >= 0.6 is 0 Å². The van der Waals surface area contributed by atoms with Gasteiger partial charge in [0, 0.05) is 61.1 Å². The normalized spacial score (nSPS) is 21.8. The molecule has 3 N–H and O–H groups in total. The van der Waals surface area contributed by atoms with Gasteiger partial charge in [-0.1, -0.05) is 24.3 Å². The van der Waals surface area contributed by atoms with E-state index in [0.29, 0.717) is 48.7 Å². The molecule has 16 heteroatoms. The highest BCUT2D eigenvalue weighted by Gasteiger charge is 2.50. The minimum Gasteiger partial charge on any atom is -0.455 e. The van der Waals surface area contributed by atoms with E-state index in [1.165, 1.54) is 57.2 Å². The third-order valence-corrected chi connectivity index (χ3v) is 14.9. The number of nitrogens with one attached hydrogen (secondary N) is 3. The molecule has 3 aliphatic heterocycles. The number of sulfonamides is 1. The van der Waals surface area contributed by atoms with Crippen LogP contribution in [0.15, 0.2) is 90.1 Å². The number of rotatable bonds is 13. The number of anilines is 2. The topological polar surface area (TPSA) is 181 Å². The summed E-state index contributed by atoms with van der Waals surface area (Å²) in [7, 11) is -4.56. The third kappa shape index (κ3) is 8.23. The second kappa shape index (κ2) is 16.6. The maximum atomic E-state index is 13.9. The Morgan fingerprint density at radius 3 is 2.58 bits per heavy atom. The molecule has 5 aliphatic rings. The monoisotopic (exact) mass is 861 g/mol. The molecule has 62 heavy (non-hydrogen) atoms. The molecule has 5 aromatic rings. The van der Waals surface area contributed by atoms with E-state index in [2.05, 4.69) is 54.1 Å². The highest BCUT2D eigenvalue weighted by molar-refractivity contribution is 7.90. The van der Waals surface area contributed by atoms with Crippen LogP contribution in [0.3, 0.4) is 0 Å². The van der Waals surface area contributed by atoms with Crippen LogP contribution in [0.5, 0.6) is 11.5 Å². The van der Waals surface area contributed by atoms with Crippen molar-refractivity contribution in [3.05, 3.63) is 112 Å². The number of H-pyrrole nitrogens is 1. The number of aromatic amines is 1. The van der Waals surface area contributed by atoms with Crippen LogP contribution in [0, 0.1) is 15.5 Å². The summed E-state index contributed by atoms with van der Waals surface area (Å²) >= 11 is 0. The molecule has 2 aromatic heterocycles. The number of nitro benzene ring substituents is 1. The molecule has 0 unspecified atom stereocenters. The summed E-state index contributed by atoms with van der Waals surface area (Å²) in [5, 5.41) is 15.8. The van der Waals surface area contributed by atoms with Crippen molar-refractivity contribution in [2.45, 2.75) is 80.4 Å². The summed E-state index contributed by atoms with van der Waals surface area (Å²) < 4.78 is 46.8. The minimum atomic E-state index is -4.56. The number of nitrogens with zero attached hydrogens (tertiary/aromatic N) is 4. The lowest BCUT2D eigenvalue weighted by Crippen LogP contribution is -2.54. The Bertz CT molecular complexity index is 2590. The summed E-state index contributed by atoms with van der Waals surface area (Å²) in [6, 6.07) is 22.6. The molecular weight excluding hydrogens is 811 g/mol. The van der Waals surface area contributed by atoms with E-state index in [4.69, 9.17) is 14.2 Å². The zero-order valence-electron chi connectivity index (χ0n) is 34.5. The lowest BCUT2D eigenvalue weighted by atomic mass is 9.59. The quantitative estimate of drug-likeness (QED) is 0.0778. The second-order valence-corrected chi connectivity index (χ2v) is 19.2. The first kappa shape index (κ1) is 40.5. The van der Waals surface area contributed by atoms with E-state index >= 15 is 0 Å². The third-order valence-electron chi connectivity index (χ3n) is 13.6. The summed E-state index contributed by atoms with van der Waals surface area (Å²) in [6.07, 6.45) is 12.7. The Hall–Kier alpha value is -5.55. The molecule has 0 bridgehead atoms. The molecule has 5 heterocycles. The number of hydrogen-bond acceptors (Lipinski definition) is 12. The van der Waals surface area contributed by atoms with Crippen molar-refractivity contribution in [1.29, 1.82) is 0 Å². The molecule has 2 saturated carbocycles. The van der Waals surface area contributed by atoms with Gasteiger partial charge in [0.1, 0.15) is 22.8 Å². The van der Waals surface area contributed by atoms with Gasteiger partial charge in [-0.25, -0.2) is 18.1 Å². The lowest BCUT2D eigenvalue weighted by Gasteiger charge is -2.56. The molecule has 1 spiro atoms. The number of piperidine rings is 1. The smallest absolute Gasteiger partial charge is 0.293 e. The van der Waals surface area contributed by atoms with Gasteiger partial charge in [-0.15, -0.1) is 0 Å². The number of aromatic nitrogens is 2. The fourth-order valence-corrected chi connectivity index (χ4v) is 11.1. The second-order valence-electron chi connectivity index (χ2n) is 17.5. The van der Waals surface area contributed by atoms with E-state index in [-0.39, 0.29) is 29.6 Å². The van der Waals surface area contributed by atoms with Crippen molar-refractivity contribution in [3.63, 3.8) is 0 Å². The van der Waals surface area contributed by atoms with Crippen molar-refractivity contribution < 1.29 is 32.3 Å². The Morgan fingerprint density at radius 2 is 1.81 bits per heavy atom. The summed E-state index contributed by atoms with van der Waals surface area (Å²) in [5.74, 6) is 0.323. The first-order valence-electron chi connectivity index (χ1n) is 21.7. The number of hydrogen-bond donors (Lipinski definition) is 3. The van der Waals surface area contributed by atoms with Gasteiger partial charge in [-0.2, -0.15) is 0 Å². The van der Waals surface area contributed by atoms with Crippen molar-refractivity contribution >= 4 is 44.0 Å². The predicted molar refractivity (Wildman–Crippen MR) is 233 cm³/mol. The zero-order chi connectivity index (χ0) is 42.4. The van der Waals surface area contributed by atoms with Crippen LogP contribution in [0.25, 0.3) is 11.0 Å². The van der Waals surface area contributed by atoms with Crippen LogP contribution in [0.2, 0.25) is 0 Å². The number of pyridine rings is 1. The van der Waals surface area contributed by atoms with E-state index in [0.717, 1.165) is 49.0 Å². The first-order chi connectivity index (χ1) is 30.1. The number of amides is 1. The molecule has 324 valence electrons. The number of nitro groups is 1. The van der Waals surface area contributed by atoms with E-state index in [1.807, 2.05) is 12.1 Å². The molecule has 5 fully saturated rings. The fourth-order valence-electron chi connectivity index (χ4n) is 10.1. The van der Waals surface area contributed by atoms with Crippen molar-refractivity contribution in [3.8, 4) is 11.5 Å².